The first-order chi connectivity index (χ1) is 6.24. The number of amides is 1. The molecule has 3 N–H and O–H groups in total. The molecular weight excluding hydrogens is 168 g/mol. The van der Waals surface area contributed by atoms with Crippen LogP contribution in [0.5, 0.6) is 5.75 Å². The summed E-state index contributed by atoms with van der Waals surface area (Å²) in [4.78, 5) is 10.8. The third-order valence-electron chi connectivity index (χ3n) is 1.56. The third kappa shape index (κ3) is 2.66. The average molecular weight is 180 g/mol. The molecule has 0 aliphatic rings. The Morgan fingerprint density at radius 3 is 2.85 bits per heavy atom. The van der Waals surface area contributed by atoms with E-state index in [4.69, 9.17) is 10.5 Å². The van der Waals surface area contributed by atoms with Crippen LogP contribution in [0.25, 0.3) is 0 Å². The second-order valence-electron chi connectivity index (χ2n) is 2.50. The molecule has 0 saturated carbocycles. The van der Waals surface area contributed by atoms with Crippen LogP contribution in [0.4, 0.5) is 5.69 Å². The Morgan fingerprint density at radius 1 is 1.54 bits per heavy atom. The standard InChI is InChI=1S/C9H12N2O2/c1-11-9(12)6-13-8-5-3-2-4-7(8)10/h2-5H,6,10H2,1H3,(H,11,12). The summed E-state index contributed by atoms with van der Waals surface area (Å²) in [7, 11) is 1.56. The highest BCUT2D eigenvalue weighted by Gasteiger charge is 2.01. The second kappa shape index (κ2) is 4.35. The van der Waals surface area contributed by atoms with Crippen molar-refractivity contribution in [2.24, 2.45) is 0 Å². The van der Waals surface area contributed by atoms with Gasteiger partial charge in [0, 0.05) is 7.05 Å². The largest absolute Gasteiger partial charge is 0.482 e. The predicted octanol–water partition coefficient (Wildman–Crippen LogP) is 0.394. The van der Waals surface area contributed by atoms with E-state index in [2.05, 4.69) is 5.32 Å². The molecule has 1 aromatic carbocycles. The van der Waals surface area contributed by atoms with Crippen LogP contribution in [0.15, 0.2) is 24.3 Å². The summed E-state index contributed by atoms with van der Waals surface area (Å²) in [6.45, 7) is -0.00921. The molecule has 0 bridgehead atoms. The highest BCUT2D eigenvalue weighted by molar-refractivity contribution is 5.77. The predicted molar refractivity (Wildman–Crippen MR) is 50.4 cm³/mol. The Labute approximate surface area is 76.7 Å². The number of carbonyl (C=O) groups is 1. The van der Waals surface area contributed by atoms with E-state index < -0.39 is 0 Å². The molecular formula is C9H12N2O2. The van der Waals surface area contributed by atoms with Gasteiger partial charge in [0.15, 0.2) is 6.61 Å². The molecule has 0 atom stereocenters. The Morgan fingerprint density at radius 2 is 2.23 bits per heavy atom. The number of hydrogen-bond acceptors (Lipinski definition) is 3. The van der Waals surface area contributed by atoms with Crippen LogP contribution in [-0.4, -0.2) is 19.6 Å². The van der Waals surface area contributed by atoms with Gasteiger partial charge in [-0.05, 0) is 12.1 Å². The fourth-order valence-corrected chi connectivity index (χ4v) is 0.827. The van der Waals surface area contributed by atoms with Gasteiger partial charge >= 0.3 is 0 Å². The Bertz CT molecular complexity index is 299. The number of nitrogens with two attached hydrogens (primary N) is 1. The van der Waals surface area contributed by atoms with E-state index in [1.807, 2.05) is 6.07 Å². The number of ether oxygens (including phenoxy) is 1. The number of carbonyl (C=O) groups excluding carboxylic acids is 1. The van der Waals surface area contributed by atoms with Crippen molar-refractivity contribution in [1.82, 2.24) is 5.32 Å². The number of rotatable bonds is 3. The smallest absolute Gasteiger partial charge is 0.257 e. The summed E-state index contributed by atoms with van der Waals surface area (Å²) < 4.78 is 5.15. The van der Waals surface area contributed by atoms with Crippen molar-refractivity contribution in [1.29, 1.82) is 0 Å². The fourth-order valence-electron chi connectivity index (χ4n) is 0.827. The van der Waals surface area contributed by atoms with E-state index in [1.165, 1.54) is 0 Å². The summed E-state index contributed by atoms with van der Waals surface area (Å²) in [6, 6.07) is 7.05. The van der Waals surface area contributed by atoms with E-state index in [9.17, 15) is 4.79 Å². The summed E-state index contributed by atoms with van der Waals surface area (Å²) >= 11 is 0. The normalized spacial score (nSPS) is 9.31. The van der Waals surface area contributed by atoms with E-state index in [0.717, 1.165) is 0 Å². The number of nitrogens with one attached hydrogen (secondary N) is 1. The second-order valence-corrected chi connectivity index (χ2v) is 2.50. The van der Waals surface area contributed by atoms with Crippen LogP contribution in [0, 0.1) is 0 Å². The lowest BCUT2D eigenvalue weighted by atomic mass is 10.3. The molecule has 0 heterocycles. The van der Waals surface area contributed by atoms with Gasteiger partial charge in [-0.15, -0.1) is 0 Å². The number of nitrogen functional groups attached to an aromatic ring is 1. The van der Waals surface area contributed by atoms with Crippen LogP contribution >= 0.6 is 0 Å². The minimum atomic E-state index is -0.178. The van der Waals surface area contributed by atoms with Gasteiger partial charge in [-0.2, -0.15) is 0 Å². The third-order valence-corrected chi connectivity index (χ3v) is 1.56. The zero-order valence-electron chi connectivity index (χ0n) is 7.41. The number of hydrogen-bond donors (Lipinski definition) is 2. The zero-order chi connectivity index (χ0) is 9.68. The first kappa shape index (κ1) is 9.38. The summed E-state index contributed by atoms with van der Waals surface area (Å²) in [5, 5.41) is 2.45. The SMILES string of the molecule is CNC(=O)COc1ccccc1N. The lowest BCUT2D eigenvalue weighted by Gasteiger charge is -2.06. The molecule has 70 valence electrons. The number of benzene rings is 1. The lowest BCUT2D eigenvalue weighted by molar-refractivity contribution is -0.122. The highest BCUT2D eigenvalue weighted by Crippen LogP contribution is 2.19. The van der Waals surface area contributed by atoms with Crippen LogP contribution in [0.1, 0.15) is 0 Å². The van der Waals surface area contributed by atoms with E-state index in [-0.39, 0.29) is 12.5 Å². The number of para-hydroxylation sites is 2. The highest BCUT2D eigenvalue weighted by atomic mass is 16.5. The molecule has 0 aliphatic carbocycles. The quantitative estimate of drug-likeness (QED) is 0.661. The Hall–Kier alpha value is -1.71. The zero-order valence-corrected chi connectivity index (χ0v) is 7.41. The molecule has 0 radical (unpaired) electrons. The monoisotopic (exact) mass is 180 g/mol. The maximum absolute atomic E-state index is 10.8. The molecule has 0 spiro atoms. The topological polar surface area (TPSA) is 64.3 Å². The number of anilines is 1. The minimum Gasteiger partial charge on any atom is -0.482 e. The molecule has 0 unspecified atom stereocenters. The first-order valence-electron chi connectivity index (χ1n) is 3.92. The lowest BCUT2D eigenvalue weighted by Crippen LogP contribution is -2.25. The molecule has 1 amide bonds. The molecule has 4 nitrogen and oxygen atoms in total. The molecule has 0 aliphatic heterocycles. The first-order valence-corrected chi connectivity index (χ1v) is 3.92. The molecule has 0 fully saturated rings. The van der Waals surface area contributed by atoms with Gasteiger partial charge in [-0.1, -0.05) is 12.1 Å². The minimum absolute atomic E-state index is 0.00921. The average Bonchev–Trinajstić information content (AvgIpc) is 2.16. The van der Waals surface area contributed by atoms with Gasteiger partial charge < -0.3 is 15.8 Å². The van der Waals surface area contributed by atoms with Gasteiger partial charge in [0.05, 0.1) is 5.69 Å². The molecule has 0 aromatic heterocycles. The van der Waals surface area contributed by atoms with Crippen molar-refractivity contribution in [2.75, 3.05) is 19.4 Å². The molecule has 4 heteroatoms. The van der Waals surface area contributed by atoms with Gasteiger partial charge in [0.2, 0.25) is 0 Å². The van der Waals surface area contributed by atoms with Crippen molar-refractivity contribution >= 4 is 11.6 Å². The fraction of sp³-hybridized carbons (Fsp3) is 0.222. The van der Waals surface area contributed by atoms with Crippen molar-refractivity contribution < 1.29 is 9.53 Å². The van der Waals surface area contributed by atoms with E-state index in [1.54, 1.807) is 25.2 Å². The van der Waals surface area contributed by atoms with Crippen molar-refractivity contribution in [3.63, 3.8) is 0 Å². The van der Waals surface area contributed by atoms with Crippen molar-refractivity contribution in [3.8, 4) is 5.75 Å². The van der Waals surface area contributed by atoms with Crippen LogP contribution in [0.2, 0.25) is 0 Å². The van der Waals surface area contributed by atoms with E-state index in [0.29, 0.717) is 11.4 Å². The Balaban J connectivity index is 2.54. The van der Waals surface area contributed by atoms with Gasteiger partial charge in [0.25, 0.3) is 5.91 Å². The molecule has 1 aromatic rings. The number of likely N-dealkylation sites (N-methyl/N-ethyl adjacent to an activating group) is 1. The van der Waals surface area contributed by atoms with Gasteiger partial charge in [-0.25, -0.2) is 0 Å². The molecule has 13 heavy (non-hydrogen) atoms. The van der Waals surface area contributed by atoms with E-state index >= 15 is 0 Å². The molecule has 1 rings (SSSR count). The summed E-state index contributed by atoms with van der Waals surface area (Å²) in [5.74, 6) is 0.356. The Kier molecular flexibility index (Phi) is 3.14. The summed E-state index contributed by atoms with van der Waals surface area (Å²) in [5.41, 5.74) is 6.13. The maximum atomic E-state index is 10.8. The van der Waals surface area contributed by atoms with Gasteiger partial charge in [0.1, 0.15) is 5.75 Å². The molecule has 0 saturated heterocycles. The summed E-state index contributed by atoms with van der Waals surface area (Å²) in [6.07, 6.45) is 0. The van der Waals surface area contributed by atoms with Crippen molar-refractivity contribution in [3.05, 3.63) is 24.3 Å². The van der Waals surface area contributed by atoms with Crippen molar-refractivity contribution in [2.45, 2.75) is 0 Å². The maximum Gasteiger partial charge on any atom is 0.257 e. The van der Waals surface area contributed by atoms with Crippen LogP contribution < -0.4 is 15.8 Å². The van der Waals surface area contributed by atoms with Crippen LogP contribution in [-0.2, 0) is 4.79 Å². The van der Waals surface area contributed by atoms with Crippen LogP contribution in [0.3, 0.4) is 0 Å². The van der Waals surface area contributed by atoms with Gasteiger partial charge in [-0.3, -0.25) is 4.79 Å².